The highest BCUT2D eigenvalue weighted by molar-refractivity contribution is 6.00. The molecule has 1 aliphatic rings. The fourth-order valence-electron chi connectivity index (χ4n) is 11.1. The summed E-state index contributed by atoms with van der Waals surface area (Å²) in [5, 5.41) is 45.4. The van der Waals surface area contributed by atoms with Crippen LogP contribution in [-0.2, 0) is 67.0 Å². The van der Waals surface area contributed by atoms with E-state index in [1.165, 1.54) is 101 Å². The second-order valence-corrected chi connectivity index (χ2v) is 28.0. The molecule has 20 N–H and O–H groups in total. The number of nitrogens with one attached hydrogen (secondary N) is 10. The van der Waals surface area contributed by atoms with Crippen LogP contribution in [0.2, 0.25) is 0 Å². The number of nitrogens with zero attached hydrogens (tertiary/aromatic N) is 2. The highest BCUT2D eigenvalue weighted by atomic mass is 16.6. The van der Waals surface area contributed by atoms with Crippen LogP contribution in [0.5, 0.6) is 11.5 Å². The Labute approximate surface area is 638 Å². The van der Waals surface area contributed by atoms with Crippen LogP contribution >= 0.6 is 0 Å². The molecule has 0 bridgehead atoms. The van der Waals surface area contributed by atoms with Crippen LogP contribution in [0, 0.1) is 29.6 Å². The minimum Gasteiger partial charge on any atom is -0.497 e. The molecule has 0 spiro atoms. The zero-order valence-corrected chi connectivity index (χ0v) is 64.1. The number of primary amides is 1. The number of urea groups is 1. The van der Waals surface area contributed by atoms with Crippen LogP contribution in [0.15, 0.2) is 83.9 Å². The summed E-state index contributed by atoms with van der Waals surface area (Å²) in [7, 11) is 2.56. The molecule has 0 unspecified atom stereocenters. The van der Waals surface area contributed by atoms with E-state index in [1.807, 2.05) is 5.43 Å². The topological polar surface area (TPSA) is 566 Å². The van der Waals surface area contributed by atoms with E-state index in [0.717, 1.165) is 13.0 Å². The van der Waals surface area contributed by atoms with Crippen molar-refractivity contribution < 1.29 is 101 Å². The summed E-state index contributed by atoms with van der Waals surface area (Å²) in [5.74, 6) is -19.1. The van der Waals surface area contributed by atoms with Gasteiger partial charge in [0.15, 0.2) is 18.1 Å². The molecule has 0 aliphatic carbocycles. The Morgan fingerprint density at radius 3 is 1.75 bits per heavy atom. The maximum absolute atomic E-state index is 15.9. The molecule has 1 saturated heterocycles. The number of guanidine groups is 1. The molecule has 1 heterocycles. The number of ether oxygens (including phenoxy) is 5. The van der Waals surface area contributed by atoms with Crippen LogP contribution in [0.4, 0.5) is 4.79 Å². The molecule has 0 saturated carbocycles. The molecule has 1 fully saturated rings. The summed E-state index contributed by atoms with van der Waals surface area (Å²) in [6, 6.07) is -0.645. The number of hydrogen-bond donors (Lipinski definition) is 16. The number of hydrazine groups is 1. The smallest absolute Gasteiger partial charge is 0.340 e. The number of carbonyl (C=O) groups is 14. The van der Waals surface area contributed by atoms with Gasteiger partial charge in [0.1, 0.15) is 60.4 Å². The monoisotopic (exact) mass is 1540 g/mol. The lowest BCUT2D eigenvalue weighted by atomic mass is 9.95. The first kappa shape index (κ1) is 91.2. The third-order valence-electron chi connectivity index (χ3n) is 17.2. The molecule has 1 aliphatic heterocycles. The number of aliphatic hydroxyl groups is 2. The molecule has 37 nitrogen and oxygen atoms in total. The van der Waals surface area contributed by atoms with Gasteiger partial charge >= 0.3 is 23.9 Å². The van der Waals surface area contributed by atoms with E-state index in [1.54, 1.807) is 55.4 Å². The molecule has 3 aromatic rings. The standard InChI is InChI=1S/C73H108N16O21/c1-14-40(10)53-65(99)85-54(41(11)90)64(98)79-34-52(91)88-89(68(59(75)93)110-70(103)44-24-19-26-46(33-44)107-13)73(105)83-51(35-108-69(102)43-23-18-25-45(32-43)106-12)71(104)109-58(42-21-16-15-17-22-42)56(87-63(97)50(31-38(6)7)81-60(94)47(74)29-36(2)3)67(101)86-55(57(92)39(8)9)66(100)82-49(30-37(4)5)62(96)80-48(61(95)84-53)27-20-28-78-72(76)77/h15-19,21-26,32-33,36-41,47-51,53-58,68,90,92H,14,20,27-31,34-35,74H2,1-13H3,(H2,75,93)(H,79,98)(H,80,96)(H,81,94)(H,82,100)(H,83,105)(H,84,95)(H,85,99)(H,86,101)(H,87,97)(H,88,91)(H4,76,77,78)/t40-,41-,47+,48+,49-,50-,51-,53-,54-,55-,56-,57+,58+,68+/m0/s1. The Balaban J connectivity index is 2.16. The molecule has 110 heavy (non-hydrogen) atoms. The van der Waals surface area contributed by atoms with Gasteiger partial charge in [-0.3, -0.25) is 58.4 Å². The predicted octanol–water partition coefficient (Wildman–Crippen LogP) is -1.29. The van der Waals surface area contributed by atoms with Gasteiger partial charge in [-0.1, -0.05) is 118 Å². The van der Waals surface area contributed by atoms with E-state index in [-0.39, 0.29) is 96.1 Å². The zero-order valence-electron chi connectivity index (χ0n) is 64.1. The van der Waals surface area contributed by atoms with Gasteiger partial charge in [0.25, 0.3) is 18.0 Å². The maximum atomic E-state index is 15.9. The number of amides is 12. The summed E-state index contributed by atoms with van der Waals surface area (Å²) >= 11 is 0. The van der Waals surface area contributed by atoms with Crippen molar-refractivity contribution in [2.24, 2.45) is 57.5 Å². The Hall–Kier alpha value is -11.2. The zero-order chi connectivity index (χ0) is 82.4. The molecule has 12 amide bonds. The van der Waals surface area contributed by atoms with Crippen LogP contribution < -0.4 is 85.7 Å². The Bertz CT molecular complexity index is 3710. The summed E-state index contributed by atoms with van der Waals surface area (Å²) in [5.41, 5.74) is 24.7. The second-order valence-electron chi connectivity index (χ2n) is 28.0. The average molecular weight is 1550 g/mol. The van der Waals surface area contributed by atoms with Gasteiger partial charge in [-0.25, -0.2) is 19.2 Å². The van der Waals surface area contributed by atoms with Crippen LogP contribution in [0.3, 0.4) is 0 Å². The lowest BCUT2D eigenvalue weighted by molar-refractivity contribution is -0.158. The van der Waals surface area contributed by atoms with Gasteiger partial charge in [0.2, 0.25) is 47.3 Å². The van der Waals surface area contributed by atoms with E-state index >= 15 is 24.0 Å². The van der Waals surface area contributed by atoms with Crippen molar-refractivity contribution in [2.75, 3.05) is 33.9 Å². The minimum atomic E-state index is -2.75. The van der Waals surface area contributed by atoms with Crippen molar-refractivity contribution in [1.29, 1.82) is 0 Å². The van der Waals surface area contributed by atoms with Crippen LogP contribution in [-0.4, -0.2) is 211 Å². The third kappa shape index (κ3) is 28.7. The lowest BCUT2D eigenvalue weighted by Crippen LogP contribution is -2.65. The molecule has 37 heteroatoms. The van der Waals surface area contributed by atoms with Gasteiger partial charge < -0.3 is 105 Å². The number of nitrogens with two attached hydrogens (primary N) is 4. The predicted molar refractivity (Wildman–Crippen MR) is 397 cm³/mol. The fourth-order valence-corrected chi connectivity index (χ4v) is 11.1. The number of benzene rings is 3. The largest absolute Gasteiger partial charge is 0.497 e. The number of rotatable bonds is 29. The van der Waals surface area contributed by atoms with E-state index in [0.29, 0.717) is 0 Å². The van der Waals surface area contributed by atoms with Gasteiger partial charge in [0, 0.05) is 6.54 Å². The minimum absolute atomic E-state index is 0.00985. The molecule has 606 valence electrons. The number of aliphatic hydroxyl groups excluding tert-OH is 2. The van der Waals surface area contributed by atoms with Gasteiger partial charge in [-0.2, -0.15) is 5.01 Å². The Morgan fingerprint density at radius 2 is 1.20 bits per heavy atom. The van der Waals surface area contributed by atoms with E-state index < -0.39 is 193 Å². The second kappa shape index (κ2) is 44.3. The first-order valence-corrected chi connectivity index (χ1v) is 36.0. The average Bonchev–Trinajstić information content (AvgIpc) is 0.899. The van der Waals surface area contributed by atoms with E-state index in [4.69, 9.17) is 46.6 Å². The Kier molecular flexibility index (Phi) is 36.7. The number of cyclic esters (lactones) is 1. The summed E-state index contributed by atoms with van der Waals surface area (Å²) < 4.78 is 27.8. The normalized spacial score (nSPS) is 21.5. The van der Waals surface area contributed by atoms with Gasteiger partial charge in [0.05, 0.1) is 50.1 Å². The fraction of sp³-hybridized carbons (Fsp3) is 0.548. The summed E-state index contributed by atoms with van der Waals surface area (Å²) in [4.78, 5) is 209. The molecule has 0 aromatic heterocycles. The van der Waals surface area contributed by atoms with Crippen molar-refractivity contribution >= 4 is 89.0 Å². The van der Waals surface area contributed by atoms with E-state index in [9.17, 15) is 53.4 Å². The third-order valence-corrected chi connectivity index (χ3v) is 17.2. The first-order chi connectivity index (χ1) is 51.8. The quantitative estimate of drug-likeness (QED) is 0.0126. The molecular formula is C73H108N16O21. The number of carbonyl (C=O) groups excluding carboxylic acids is 14. The number of esters is 3. The molecule has 14 atom stereocenters. The van der Waals surface area contributed by atoms with Crippen molar-refractivity contribution in [3.05, 3.63) is 95.6 Å². The van der Waals surface area contributed by atoms with Gasteiger partial charge in [-0.05, 0) is 111 Å². The van der Waals surface area contributed by atoms with Crippen LogP contribution in [0.1, 0.15) is 147 Å². The van der Waals surface area contributed by atoms with E-state index in [2.05, 4.69) is 52.8 Å². The highest BCUT2D eigenvalue weighted by Crippen LogP contribution is 2.26. The summed E-state index contributed by atoms with van der Waals surface area (Å²) in [6.07, 6.45) is -8.81. The Morgan fingerprint density at radius 1 is 0.636 bits per heavy atom. The number of methoxy groups -OCH3 is 2. The van der Waals surface area contributed by atoms with Gasteiger partial charge in [-0.15, -0.1) is 0 Å². The molecule has 0 radical (unpaired) electrons. The highest BCUT2D eigenvalue weighted by Gasteiger charge is 2.44. The van der Waals surface area contributed by atoms with Crippen molar-refractivity contribution in [2.45, 2.75) is 194 Å². The van der Waals surface area contributed by atoms with Crippen LogP contribution in [0.25, 0.3) is 0 Å². The number of hydrogen-bond acceptors (Lipinski definition) is 23. The molecular weight excluding hydrogens is 1440 g/mol. The molecule has 4 rings (SSSR count). The first-order valence-electron chi connectivity index (χ1n) is 36.0. The SMILES string of the molecule is CC[C@H](C)[C@@H]1NC(=O)[C@@H](CCCN=C(N)N)NC(=O)[C@H](CC(C)C)NC(=O)[C@H]([C@H](O)C(C)C)NC(=O)[C@@H](NC(=O)[C@H](CC(C)C)NC(=O)[C@H](N)CC(C)C)[C@@H](c2ccccc2)OC(=O)[C@H](COC(=O)c2cccc(OC)c2)NC(=O)N([C@H](OC(=O)c2cccc(OC)c2)C(N)=O)NC(=O)CNC(=O)[C@H]([C@H](C)O)NC1=O. The maximum Gasteiger partial charge on any atom is 0.340 e. The van der Waals surface area contributed by atoms with Crippen molar-refractivity contribution in [3.63, 3.8) is 0 Å². The number of aliphatic imine (C=N–C) groups is 1. The van der Waals surface area contributed by atoms with Crippen molar-refractivity contribution in [3.8, 4) is 11.5 Å². The molecule has 3 aromatic carbocycles. The summed E-state index contributed by atoms with van der Waals surface area (Å²) in [6.45, 7) is 15.0. The van der Waals surface area contributed by atoms with Crippen molar-refractivity contribution in [1.82, 2.24) is 58.3 Å². The lowest BCUT2D eigenvalue weighted by Gasteiger charge is -2.34.